The number of carbonyl (C=O) groups excluding carboxylic acids is 4. The number of aromatic nitrogens is 2. The Hall–Kier alpha value is -3.77. The molecule has 10 nitrogen and oxygen atoms in total. The lowest BCUT2D eigenvalue weighted by atomic mass is 9.77. The van der Waals surface area contributed by atoms with Crippen LogP contribution in [0.15, 0.2) is 22.8 Å². The minimum absolute atomic E-state index is 0.0199. The molecule has 0 radical (unpaired) electrons. The second-order valence-electron chi connectivity index (χ2n) is 12.7. The van der Waals surface area contributed by atoms with Gasteiger partial charge in [-0.15, -0.1) is 0 Å². The van der Waals surface area contributed by atoms with Crippen LogP contribution in [0.3, 0.4) is 0 Å². The standard InChI is InChI=1S/C33H44F3N5O5/c1-5-25-30(40-46-39-25)31(44)38-29(21-9-7-19(3)8-10-21)26(42)18-23-12-11-22(17-24(23)34)20(4)28(37-27(43)6-2)32(45)41-15-13-33(35,36)14-16-41/h11-12,17,19-21,28-29H,5-10,13-16,18H2,1-4H3,(H,37,43)(H,38,44)/t19?,20-,21?,28+,29-/m0/s1. The van der Waals surface area contributed by atoms with Crippen molar-refractivity contribution in [3.63, 3.8) is 0 Å². The fourth-order valence-corrected chi connectivity index (χ4v) is 6.31. The lowest BCUT2D eigenvalue weighted by Gasteiger charge is -2.36. The van der Waals surface area contributed by atoms with Gasteiger partial charge in [-0.25, -0.2) is 17.8 Å². The Kier molecular flexibility index (Phi) is 11.6. The van der Waals surface area contributed by atoms with E-state index in [1.165, 1.54) is 17.0 Å². The van der Waals surface area contributed by atoms with Gasteiger partial charge >= 0.3 is 0 Å². The van der Waals surface area contributed by atoms with E-state index >= 15 is 4.39 Å². The van der Waals surface area contributed by atoms with E-state index in [0.717, 1.165) is 25.7 Å². The molecule has 2 aromatic rings. The first-order valence-corrected chi connectivity index (χ1v) is 16.2. The molecule has 46 heavy (non-hydrogen) atoms. The number of rotatable bonds is 12. The molecule has 1 aliphatic carbocycles. The van der Waals surface area contributed by atoms with Crippen LogP contribution in [0.1, 0.15) is 106 Å². The summed E-state index contributed by atoms with van der Waals surface area (Å²) in [6, 6.07) is 2.37. The average Bonchev–Trinajstić information content (AvgIpc) is 3.52. The van der Waals surface area contributed by atoms with Gasteiger partial charge in [-0.2, -0.15) is 0 Å². The average molecular weight is 648 g/mol. The zero-order valence-corrected chi connectivity index (χ0v) is 26.9. The smallest absolute Gasteiger partial charge is 0.276 e. The molecule has 1 saturated carbocycles. The van der Waals surface area contributed by atoms with Crippen molar-refractivity contribution >= 4 is 23.5 Å². The van der Waals surface area contributed by atoms with Crippen molar-refractivity contribution in [3.8, 4) is 0 Å². The van der Waals surface area contributed by atoms with Gasteiger partial charge in [-0.1, -0.05) is 57.8 Å². The number of halogens is 3. The number of nitrogens with zero attached hydrogens (tertiary/aromatic N) is 3. The highest BCUT2D eigenvalue weighted by Crippen LogP contribution is 2.33. The van der Waals surface area contributed by atoms with E-state index in [1.54, 1.807) is 26.8 Å². The number of ketones is 1. The number of nitrogens with one attached hydrogen (secondary N) is 2. The van der Waals surface area contributed by atoms with E-state index in [-0.39, 0.29) is 48.9 Å². The summed E-state index contributed by atoms with van der Waals surface area (Å²) in [4.78, 5) is 53.9. The number of aryl methyl sites for hydroxylation is 1. The van der Waals surface area contributed by atoms with Crippen LogP contribution in [0, 0.1) is 17.7 Å². The molecule has 3 amide bonds. The molecule has 2 aliphatic rings. The summed E-state index contributed by atoms with van der Waals surface area (Å²) in [5.41, 5.74) is 0.927. The van der Waals surface area contributed by atoms with Crippen LogP contribution in [-0.4, -0.2) is 69.8 Å². The highest BCUT2D eigenvalue weighted by molar-refractivity contribution is 5.97. The van der Waals surface area contributed by atoms with Crippen LogP contribution in [0.4, 0.5) is 13.2 Å². The van der Waals surface area contributed by atoms with Gasteiger partial charge < -0.3 is 15.5 Å². The summed E-state index contributed by atoms with van der Waals surface area (Å²) >= 11 is 0. The van der Waals surface area contributed by atoms with Crippen LogP contribution in [0.25, 0.3) is 0 Å². The van der Waals surface area contributed by atoms with Crippen molar-refractivity contribution in [1.82, 2.24) is 25.8 Å². The number of benzene rings is 1. The number of likely N-dealkylation sites (tertiary alicyclic amines) is 1. The lowest BCUT2D eigenvalue weighted by molar-refractivity contribution is -0.142. The van der Waals surface area contributed by atoms with Crippen molar-refractivity contribution in [2.75, 3.05) is 13.1 Å². The van der Waals surface area contributed by atoms with E-state index in [1.807, 2.05) is 0 Å². The van der Waals surface area contributed by atoms with Crippen molar-refractivity contribution in [2.45, 2.75) is 109 Å². The monoisotopic (exact) mass is 647 g/mol. The summed E-state index contributed by atoms with van der Waals surface area (Å²) in [5, 5.41) is 13.0. The number of Topliss-reactive ketones (excluding diaryl/α,β-unsaturated/α-hetero) is 1. The summed E-state index contributed by atoms with van der Waals surface area (Å²) in [7, 11) is 0. The highest BCUT2D eigenvalue weighted by atomic mass is 19.3. The number of amides is 3. The number of alkyl halides is 2. The molecule has 2 fully saturated rings. The molecule has 4 rings (SSSR count). The topological polar surface area (TPSA) is 134 Å². The minimum atomic E-state index is -2.84. The molecule has 1 saturated heterocycles. The number of piperidine rings is 1. The SMILES string of the molecule is CCC(=O)N[C@@H](C(=O)N1CCC(F)(F)CC1)[C@@H](C)c1ccc(CC(=O)[C@@H](NC(=O)c2nonc2CC)C2CCC(C)CC2)c(F)c1. The Morgan fingerprint density at radius 3 is 2.33 bits per heavy atom. The Balaban J connectivity index is 1.52. The Bertz CT molecular complexity index is 1400. The summed E-state index contributed by atoms with van der Waals surface area (Å²) in [6.07, 6.45) is 2.62. The van der Waals surface area contributed by atoms with Crippen molar-refractivity contribution in [2.24, 2.45) is 11.8 Å². The first-order valence-electron chi connectivity index (χ1n) is 16.2. The van der Waals surface area contributed by atoms with Gasteiger partial charge in [0.2, 0.25) is 11.8 Å². The fraction of sp³-hybridized carbons (Fsp3) is 0.636. The predicted octanol–water partition coefficient (Wildman–Crippen LogP) is 4.76. The normalized spacial score (nSPS) is 21.6. The quantitative estimate of drug-likeness (QED) is 0.339. The molecular formula is C33H44F3N5O5. The van der Waals surface area contributed by atoms with E-state index in [9.17, 15) is 28.0 Å². The first kappa shape index (κ1) is 35.1. The van der Waals surface area contributed by atoms with E-state index in [4.69, 9.17) is 4.63 Å². The number of hydrogen-bond donors (Lipinski definition) is 2. The zero-order chi connectivity index (χ0) is 33.6. The summed E-state index contributed by atoms with van der Waals surface area (Å²) in [5.74, 6) is -5.62. The zero-order valence-electron chi connectivity index (χ0n) is 26.9. The molecule has 252 valence electrons. The molecule has 1 aliphatic heterocycles. The molecule has 2 N–H and O–H groups in total. The van der Waals surface area contributed by atoms with Crippen LogP contribution in [0.2, 0.25) is 0 Å². The van der Waals surface area contributed by atoms with Gasteiger partial charge in [0, 0.05) is 44.7 Å². The molecule has 1 aromatic heterocycles. The van der Waals surface area contributed by atoms with Crippen LogP contribution >= 0.6 is 0 Å². The third-order valence-electron chi connectivity index (χ3n) is 9.45. The molecule has 0 spiro atoms. The molecule has 3 atom stereocenters. The summed E-state index contributed by atoms with van der Waals surface area (Å²) in [6.45, 7) is 6.96. The van der Waals surface area contributed by atoms with Crippen LogP contribution in [-0.2, 0) is 27.2 Å². The molecule has 13 heteroatoms. The lowest BCUT2D eigenvalue weighted by Crippen LogP contribution is -2.53. The Morgan fingerprint density at radius 2 is 1.72 bits per heavy atom. The van der Waals surface area contributed by atoms with E-state index < -0.39 is 60.3 Å². The molecule has 0 unspecified atom stereocenters. The molecule has 0 bridgehead atoms. The van der Waals surface area contributed by atoms with E-state index in [0.29, 0.717) is 23.6 Å². The van der Waals surface area contributed by atoms with Crippen molar-refractivity contribution in [1.29, 1.82) is 0 Å². The Morgan fingerprint density at radius 1 is 1.04 bits per heavy atom. The van der Waals surface area contributed by atoms with Gasteiger partial charge in [0.1, 0.15) is 17.6 Å². The largest absolute Gasteiger partial charge is 0.344 e. The minimum Gasteiger partial charge on any atom is -0.344 e. The second kappa shape index (κ2) is 15.2. The molecular weight excluding hydrogens is 603 g/mol. The van der Waals surface area contributed by atoms with Crippen LogP contribution in [0.5, 0.6) is 0 Å². The van der Waals surface area contributed by atoms with Crippen molar-refractivity contribution in [3.05, 3.63) is 46.5 Å². The first-order chi connectivity index (χ1) is 21.8. The van der Waals surface area contributed by atoms with E-state index in [2.05, 4.69) is 27.9 Å². The number of hydrogen-bond acceptors (Lipinski definition) is 7. The van der Waals surface area contributed by atoms with Gasteiger partial charge in [-0.05, 0) is 53.4 Å². The molecule has 2 heterocycles. The maximum Gasteiger partial charge on any atom is 0.276 e. The maximum absolute atomic E-state index is 15.6. The van der Waals surface area contributed by atoms with Gasteiger partial charge in [-0.3, -0.25) is 19.2 Å². The molecule has 1 aromatic carbocycles. The third kappa shape index (κ3) is 8.52. The van der Waals surface area contributed by atoms with Gasteiger partial charge in [0.25, 0.3) is 11.8 Å². The second-order valence-corrected chi connectivity index (χ2v) is 12.7. The van der Waals surface area contributed by atoms with Crippen LogP contribution < -0.4 is 10.6 Å². The van der Waals surface area contributed by atoms with Gasteiger partial charge in [0.05, 0.1) is 6.04 Å². The third-order valence-corrected chi connectivity index (χ3v) is 9.45. The van der Waals surface area contributed by atoms with Gasteiger partial charge in [0.15, 0.2) is 11.5 Å². The predicted molar refractivity (Wildman–Crippen MR) is 163 cm³/mol. The Labute approximate surface area is 267 Å². The fourth-order valence-electron chi connectivity index (χ4n) is 6.31. The van der Waals surface area contributed by atoms with Crippen molar-refractivity contribution < 1.29 is 37.0 Å². The summed E-state index contributed by atoms with van der Waals surface area (Å²) < 4.78 is 47.8. The maximum atomic E-state index is 15.6. The number of carbonyl (C=O) groups is 4. The highest BCUT2D eigenvalue weighted by Gasteiger charge is 2.39.